The first kappa shape index (κ1) is 17.0. The van der Waals surface area contributed by atoms with E-state index in [4.69, 9.17) is 11.6 Å². The molecule has 1 saturated heterocycles. The number of piperidine rings is 1. The summed E-state index contributed by atoms with van der Waals surface area (Å²) < 4.78 is 0. The minimum Gasteiger partial charge on any atom is -0.303 e. The number of likely N-dealkylation sites (tertiary alicyclic amines) is 1. The molecule has 1 heterocycles. The summed E-state index contributed by atoms with van der Waals surface area (Å²) in [6.45, 7) is 3.08. The Morgan fingerprint density at radius 2 is 1.58 bits per heavy atom. The second-order valence-electron chi connectivity index (χ2n) is 6.27. The largest absolute Gasteiger partial charge is 0.321 e. The predicted octanol–water partition coefficient (Wildman–Crippen LogP) is 4.56. The van der Waals surface area contributed by atoms with E-state index in [0.717, 1.165) is 44.6 Å². The highest BCUT2D eigenvalue weighted by Gasteiger charge is 2.28. The molecule has 0 aliphatic carbocycles. The van der Waals surface area contributed by atoms with Gasteiger partial charge in [-0.3, -0.25) is 9.69 Å². The third-order valence-corrected chi connectivity index (χ3v) is 4.89. The molecule has 0 N–H and O–H groups in total. The number of para-hydroxylation sites is 1. The molecule has 0 atom stereocenters. The first-order valence-electron chi connectivity index (χ1n) is 8.54. The second kappa shape index (κ2) is 8.32. The van der Waals surface area contributed by atoms with Crippen LogP contribution in [-0.4, -0.2) is 35.9 Å². The minimum atomic E-state index is -0.385. The molecule has 0 saturated carbocycles. The Labute approximate surface area is 148 Å². The molecule has 2 aromatic rings. The molecule has 0 spiro atoms. The zero-order valence-electron chi connectivity index (χ0n) is 13.8. The fourth-order valence-corrected chi connectivity index (χ4v) is 3.61. The van der Waals surface area contributed by atoms with Gasteiger partial charge in [0.05, 0.1) is 0 Å². The van der Waals surface area contributed by atoms with E-state index in [1.165, 1.54) is 5.56 Å². The summed E-state index contributed by atoms with van der Waals surface area (Å²) in [7, 11) is 0. The smallest absolute Gasteiger partial charge is 0.303 e. The van der Waals surface area contributed by atoms with Gasteiger partial charge >= 0.3 is 5.37 Å². The molecule has 1 fully saturated rings. The average molecular weight is 343 g/mol. The molecule has 0 aromatic heterocycles. The third kappa shape index (κ3) is 4.37. The highest BCUT2D eigenvalue weighted by atomic mass is 35.5. The van der Waals surface area contributed by atoms with Gasteiger partial charge in [-0.15, -0.1) is 0 Å². The van der Waals surface area contributed by atoms with Crippen LogP contribution in [0.3, 0.4) is 0 Å². The molecule has 1 aliphatic rings. The normalized spacial score (nSPS) is 16.0. The van der Waals surface area contributed by atoms with E-state index >= 15 is 0 Å². The van der Waals surface area contributed by atoms with Crippen molar-refractivity contribution in [2.75, 3.05) is 24.5 Å². The van der Waals surface area contributed by atoms with Crippen LogP contribution < -0.4 is 4.90 Å². The van der Waals surface area contributed by atoms with Crippen molar-refractivity contribution in [3.63, 3.8) is 0 Å². The first-order valence-corrected chi connectivity index (χ1v) is 8.92. The zero-order chi connectivity index (χ0) is 16.8. The second-order valence-corrected chi connectivity index (χ2v) is 6.59. The SMILES string of the molecule is O=C(Cl)N(c1ccccc1)C1CCN(CCc2ccccc2)CC1. The Morgan fingerprint density at radius 1 is 1.00 bits per heavy atom. The van der Waals surface area contributed by atoms with Gasteiger partial charge in [0, 0.05) is 31.4 Å². The van der Waals surface area contributed by atoms with E-state index < -0.39 is 0 Å². The van der Waals surface area contributed by atoms with Gasteiger partial charge in [0.15, 0.2) is 0 Å². The molecule has 24 heavy (non-hydrogen) atoms. The fraction of sp³-hybridized carbons (Fsp3) is 0.350. The van der Waals surface area contributed by atoms with Gasteiger partial charge in [-0.25, -0.2) is 0 Å². The van der Waals surface area contributed by atoms with Gasteiger partial charge in [0.2, 0.25) is 0 Å². The maximum Gasteiger partial charge on any atom is 0.321 e. The number of hydrogen-bond acceptors (Lipinski definition) is 2. The van der Waals surface area contributed by atoms with Gasteiger partial charge in [-0.1, -0.05) is 48.5 Å². The fourth-order valence-electron chi connectivity index (χ4n) is 3.38. The zero-order valence-corrected chi connectivity index (χ0v) is 14.5. The quantitative estimate of drug-likeness (QED) is 0.587. The van der Waals surface area contributed by atoms with Crippen LogP contribution in [0.1, 0.15) is 18.4 Å². The van der Waals surface area contributed by atoms with E-state index in [1.807, 2.05) is 30.3 Å². The maximum atomic E-state index is 11.9. The lowest BCUT2D eigenvalue weighted by molar-refractivity contribution is 0.210. The molecular formula is C20H23ClN2O. The molecule has 1 aliphatic heterocycles. The van der Waals surface area contributed by atoms with Crippen LogP contribution in [0.25, 0.3) is 0 Å². The minimum absolute atomic E-state index is 0.186. The number of nitrogens with zero attached hydrogens (tertiary/aromatic N) is 2. The topological polar surface area (TPSA) is 23.6 Å². The summed E-state index contributed by atoms with van der Waals surface area (Å²) in [5.74, 6) is 0. The number of rotatable bonds is 5. The van der Waals surface area contributed by atoms with Gasteiger partial charge in [0.25, 0.3) is 0 Å². The molecule has 0 unspecified atom stereocenters. The number of carbonyl (C=O) groups excluding carboxylic acids is 1. The summed E-state index contributed by atoms with van der Waals surface area (Å²) >= 11 is 5.86. The highest BCUT2D eigenvalue weighted by Crippen LogP contribution is 2.25. The van der Waals surface area contributed by atoms with Crippen LogP contribution in [0.5, 0.6) is 0 Å². The number of halogens is 1. The van der Waals surface area contributed by atoms with E-state index in [9.17, 15) is 4.79 Å². The van der Waals surface area contributed by atoms with Crippen LogP contribution in [-0.2, 0) is 6.42 Å². The van der Waals surface area contributed by atoms with Gasteiger partial charge in [-0.05, 0) is 48.6 Å². The van der Waals surface area contributed by atoms with Crippen molar-refractivity contribution < 1.29 is 4.79 Å². The van der Waals surface area contributed by atoms with E-state index in [2.05, 4.69) is 35.2 Å². The third-order valence-electron chi connectivity index (χ3n) is 4.71. The molecule has 3 nitrogen and oxygen atoms in total. The van der Waals surface area contributed by atoms with Crippen LogP contribution in [0, 0.1) is 0 Å². The molecule has 3 rings (SSSR count). The summed E-state index contributed by atoms with van der Waals surface area (Å²) in [5, 5.41) is -0.385. The Bertz CT molecular complexity index is 639. The summed E-state index contributed by atoms with van der Waals surface area (Å²) in [5.41, 5.74) is 2.27. The van der Waals surface area contributed by atoms with Gasteiger partial charge in [0.1, 0.15) is 0 Å². The molecule has 0 bridgehead atoms. The van der Waals surface area contributed by atoms with Crippen molar-refractivity contribution in [1.29, 1.82) is 0 Å². The maximum absolute atomic E-state index is 11.9. The van der Waals surface area contributed by atoms with Gasteiger partial charge < -0.3 is 4.90 Å². The number of benzene rings is 2. The van der Waals surface area contributed by atoms with Crippen molar-refractivity contribution in [2.45, 2.75) is 25.3 Å². The summed E-state index contributed by atoms with van der Waals surface area (Å²) in [6.07, 6.45) is 2.99. The van der Waals surface area contributed by atoms with Crippen LogP contribution in [0.15, 0.2) is 60.7 Å². The van der Waals surface area contributed by atoms with Crippen molar-refractivity contribution in [3.8, 4) is 0 Å². The number of carbonyl (C=O) groups is 1. The number of amides is 1. The Kier molecular flexibility index (Phi) is 5.89. The Balaban J connectivity index is 1.54. The Hall–Kier alpha value is -1.84. The summed E-state index contributed by atoms with van der Waals surface area (Å²) in [4.78, 5) is 16.1. The van der Waals surface area contributed by atoms with Crippen molar-refractivity contribution >= 4 is 22.7 Å². The monoisotopic (exact) mass is 342 g/mol. The molecule has 2 aromatic carbocycles. The van der Waals surface area contributed by atoms with Crippen LogP contribution in [0.2, 0.25) is 0 Å². The number of anilines is 1. The molecule has 0 radical (unpaired) electrons. The molecular weight excluding hydrogens is 320 g/mol. The predicted molar refractivity (Wildman–Crippen MR) is 99.8 cm³/mol. The van der Waals surface area contributed by atoms with Crippen LogP contribution >= 0.6 is 11.6 Å². The molecule has 1 amide bonds. The summed E-state index contributed by atoms with van der Waals surface area (Å²) in [6, 6.07) is 20.5. The molecule has 126 valence electrons. The van der Waals surface area contributed by atoms with Crippen molar-refractivity contribution in [3.05, 3.63) is 66.2 Å². The lowest BCUT2D eigenvalue weighted by Crippen LogP contribution is -2.46. The van der Waals surface area contributed by atoms with Crippen molar-refractivity contribution in [1.82, 2.24) is 4.90 Å². The van der Waals surface area contributed by atoms with E-state index in [1.54, 1.807) is 4.90 Å². The van der Waals surface area contributed by atoms with Gasteiger partial charge in [-0.2, -0.15) is 0 Å². The van der Waals surface area contributed by atoms with E-state index in [-0.39, 0.29) is 11.4 Å². The van der Waals surface area contributed by atoms with E-state index in [0.29, 0.717) is 0 Å². The lowest BCUT2D eigenvalue weighted by atomic mass is 10.0. The Morgan fingerprint density at radius 3 is 2.17 bits per heavy atom. The highest BCUT2D eigenvalue weighted by molar-refractivity contribution is 6.66. The average Bonchev–Trinajstić information content (AvgIpc) is 2.63. The van der Waals surface area contributed by atoms with Crippen molar-refractivity contribution in [2.24, 2.45) is 0 Å². The standard InChI is InChI=1S/C20H23ClN2O/c21-20(24)23(18-9-5-2-6-10-18)19-12-15-22(16-13-19)14-11-17-7-3-1-4-8-17/h1-10,19H,11-16H2. The lowest BCUT2D eigenvalue weighted by Gasteiger charge is -2.37. The first-order chi connectivity index (χ1) is 11.7. The van der Waals surface area contributed by atoms with Crippen LogP contribution in [0.4, 0.5) is 10.5 Å². The number of hydrogen-bond donors (Lipinski definition) is 0. The molecule has 4 heteroatoms.